The predicted octanol–water partition coefficient (Wildman–Crippen LogP) is 0.820. The van der Waals surface area contributed by atoms with Crippen LogP contribution >= 0.6 is 11.8 Å². The highest BCUT2D eigenvalue weighted by Crippen LogP contribution is 2.29. The van der Waals surface area contributed by atoms with Crippen molar-refractivity contribution in [1.82, 2.24) is 15.5 Å². The fourth-order valence-electron chi connectivity index (χ4n) is 3.29. The summed E-state index contributed by atoms with van der Waals surface area (Å²) in [6, 6.07) is -0.319. The lowest BCUT2D eigenvalue weighted by molar-refractivity contribution is -0.138. The van der Waals surface area contributed by atoms with Crippen molar-refractivity contribution in [3.05, 3.63) is 0 Å². The van der Waals surface area contributed by atoms with E-state index >= 15 is 0 Å². The van der Waals surface area contributed by atoms with Gasteiger partial charge in [0.1, 0.15) is 6.04 Å². The van der Waals surface area contributed by atoms with Crippen molar-refractivity contribution >= 4 is 23.6 Å². The summed E-state index contributed by atoms with van der Waals surface area (Å²) in [7, 11) is 1.71. The van der Waals surface area contributed by atoms with Crippen LogP contribution in [-0.2, 0) is 14.3 Å². The van der Waals surface area contributed by atoms with Crippen LogP contribution in [0.25, 0.3) is 0 Å². The quantitative estimate of drug-likeness (QED) is 0.716. The first kappa shape index (κ1) is 18.5. The van der Waals surface area contributed by atoms with Crippen molar-refractivity contribution in [2.24, 2.45) is 5.41 Å². The highest BCUT2D eigenvalue weighted by Gasteiger charge is 2.37. The number of carbonyl (C=O) groups excluding carboxylic acids is 2. The van der Waals surface area contributed by atoms with E-state index in [1.54, 1.807) is 23.8 Å². The summed E-state index contributed by atoms with van der Waals surface area (Å²) < 4.78 is 5.39. The molecule has 2 heterocycles. The van der Waals surface area contributed by atoms with Gasteiger partial charge in [-0.05, 0) is 32.4 Å². The third kappa shape index (κ3) is 4.84. The maximum Gasteiger partial charge on any atom is 0.243 e. The lowest BCUT2D eigenvalue weighted by Crippen LogP contribution is -2.52. The van der Waals surface area contributed by atoms with E-state index in [9.17, 15) is 9.59 Å². The summed E-state index contributed by atoms with van der Waals surface area (Å²) in [6.45, 7) is 5.19. The van der Waals surface area contributed by atoms with Gasteiger partial charge in [0, 0.05) is 31.2 Å². The molecule has 0 aliphatic carbocycles. The molecule has 6 nitrogen and oxygen atoms in total. The number of rotatable bonds is 7. The van der Waals surface area contributed by atoms with Gasteiger partial charge in [-0.2, -0.15) is 0 Å². The molecule has 0 bridgehead atoms. The monoisotopic (exact) mass is 343 g/mol. The van der Waals surface area contributed by atoms with Gasteiger partial charge in [0.15, 0.2) is 0 Å². The van der Waals surface area contributed by atoms with Gasteiger partial charge in [-0.15, -0.1) is 11.8 Å². The Bertz CT molecular complexity index is 408. The zero-order chi connectivity index (χ0) is 16.7. The van der Waals surface area contributed by atoms with Crippen LogP contribution in [0.3, 0.4) is 0 Å². The summed E-state index contributed by atoms with van der Waals surface area (Å²) in [5.74, 6) is 1.39. The number of carbonyl (C=O) groups is 2. The molecular formula is C16H29N3O3S. The average Bonchev–Trinajstić information content (AvgIpc) is 3.04. The Hall–Kier alpha value is -0.790. The van der Waals surface area contributed by atoms with Gasteiger partial charge >= 0.3 is 0 Å². The van der Waals surface area contributed by atoms with Crippen LogP contribution in [0.2, 0.25) is 0 Å². The molecule has 1 atom stereocenters. The van der Waals surface area contributed by atoms with Gasteiger partial charge in [0.2, 0.25) is 11.8 Å². The number of nitrogens with zero attached hydrogens (tertiary/aromatic N) is 1. The van der Waals surface area contributed by atoms with Crippen molar-refractivity contribution < 1.29 is 14.3 Å². The molecule has 2 fully saturated rings. The molecule has 2 aliphatic rings. The molecule has 2 saturated heterocycles. The summed E-state index contributed by atoms with van der Waals surface area (Å²) in [5.41, 5.74) is 0.0136. The SMILES string of the molecule is CCCC(=O)N1CSCC1C(=O)NCC1(COC)CCNCC1. The summed E-state index contributed by atoms with van der Waals surface area (Å²) >= 11 is 1.65. The number of hydrogen-bond acceptors (Lipinski definition) is 5. The molecule has 0 aromatic rings. The molecule has 0 radical (unpaired) electrons. The lowest BCUT2D eigenvalue weighted by atomic mass is 9.79. The Balaban J connectivity index is 1.90. The first-order valence-electron chi connectivity index (χ1n) is 8.46. The molecule has 132 valence electrons. The number of thioether (sulfide) groups is 1. The van der Waals surface area contributed by atoms with Crippen molar-refractivity contribution in [2.45, 2.75) is 38.6 Å². The minimum atomic E-state index is -0.319. The highest BCUT2D eigenvalue weighted by molar-refractivity contribution is 7.99. The molecule has 2 aliphatic heterocycles. The maximum atomic E-state index is 12.6. The molecule has 0 aromatic heterocycles. The van der Waals surface area contributed by atoms with E-state index in [2.05, 4.69) is 10.6 Å². The number of nitrogens with one attached hydrogen (secondary N) is 2. The molecular weight excluding hydrogens is 314 g/mol. The Morgan fingerprint density at radius 3 is 2.78 bits per heavy atom. The molecule has 2 amide bonds. The van der Waals surface area contributed by atoms with Crippen molar-refractivity contribution in [1.29, 1.82) is 0 Å². The van der Waals surface area contributed by atoms with Crippen molar-refractivity contribution in [2.75, 3.05) is 45.0 Å². The van der Waals surface area contributed by atoms with Gasteiger partial charge in [0.25, 0.3) is 0 Å². The second-order valence-corrected chi connectivity index (χ2v) is 7.53. The molecule has 0 saturated carbocycles. The Morgan fingerprint density at radius 2 is 2.13 bits per heavy atom. The van der Waals surface area contributed by atoms with E-state index in [4.69, 9.17) is 4.74 Å². The van der Waals surface area contributed by atoms with E-state index in [1.807, 2.05) is 6.92 Å². The topological polar surface area (TPSA) is 70.7 Å². The number of methoxy groups -OCH3 is 1. The van der Waals surface area contributed by atoms with Crippen LogP contribution in [0.1, 0.15) is 32.6 Å². The van der Waals surface area contributed by atoms with Gasteiger partial charge in [-0.3, -0.25) is 9.59 Å². The van der Waals surface area contributed by atoms with Gasteiger partial charge < -0.3 is 20.3 Å². The van der Waals surface area contributed by atoms with Crippen LogP contribution in [0.5, 0.6) is 0 Å². The van der Waals surface area contributed by atoms with Crippen LogP contribution in [0, 0.1) is 5.41 Å². The maximum absolute atomic E-state index is 12.6. The number of hydrogen-bond donors (Lipinski definition) is 2. The van der Waals surface area contributed by atoms with E-state index in [0.29, 0.717) is 31.2 Å². The predicted molar refractivity (Wildman–Crippen MR) is 92.3 cm³/mol. The van der Waals surface area contributed by atoms with Gasteiger partial charge in [0.05, 0.1) is 12.5 Å². The first-order valence-corrected chi connectivity index (χ1v) is 9.62. The van der Waals surface area contributed by atoms with Crippen LogP contribution in [0.4, 0.5) is 0 Å². The standard InChI is InChI=1S/C16H29N3O3S/c1-3-4-14(20)19-12-23-9-13(19)15(21)18-10-16(11-22-2)5-7-17-8-6-16/h13,17H,3-12H2,1-2H3,(H,18,21). The molecule has 23 heavy (non-hydrogen) atoms. The van der Waals surface area contributed by atoms with Gasteiger partial charge in [-0.1, -0.05) is 6.92 Å². The van der Waals surface area contributed by atoms with Gasteiger partial charge in [-0.25, -0.2) is 0 Å². The second kappa shape index (κ2) is 8.89. The lowest BCUT2D eigenvalue weighted by Gasteiger charge is -2.37. The van der Waals surface area contributed by atoms with E-state index in [1.165, 1.54) is 0 Å². The Kier molecular flexibility index (Phi) is 7.17. The molecule has 0 aromatic carbocycles. The Morgan fingerprint density at radius 1 is 1.39 bits per heavy atom. The van der Waals surface area contributed by atoms with Crippen molar-refractivity contribution in [3.63, 3.8) is 0 Å². The first-order chi connectivity index (χ1) is 11.1. The summed E-state index contributed by atoms with van der Waals surface area (Å²) in [5, 5.41) is 6.45. The third-order valence-corrected chi connectivity index (χ3v) is 5.73. The normalized spacial score (nSPS) is 23.7. The second-order valence-electron chi connectivity index (χ2n) is 6.53. The van der Waals surface area contributed by atoms with E-state index in [0.717, 1.165) is 32.4 Å². The molecule has 0 spiro atoms. The number of ether oxygens (including phenoxy) is 1. The van der Waals surface area contributed by atoms with E-state index in [-0.39, 0.29) is 23.3 Å². The minimum Gasteiger partial charge on any atom is -0.384 e. The Labute approximate surface area is 143 Å². The molecule has 2 N–H and O–H groups in total. The average molecular weight is 343 g/mol. The smallest absolute Gasteiger partial charge is 0.243 e. The van der Waals surface area contributed by atoms with Crippen molar-refractivity contribution in [3.8, 4) is 0 Å². The third-order valence-electron chi connectivity index (χ3n) is 4.72. The van der Waals surface area contributed by atoms with Crippen LogP contribution < -0.4 is 10.6 Å². The number of piperidine rings is 1. The summed E-state index contributed by atoms with van der Waals surface area (Å²) in [4.78, 5) is 26.4. The fraction of sp³-hybridized carbons (Fsp3) is 0.875. The minimum absolute atomic E-state index is 0.0136. The zero-order valence-corrected chi connectivity index (χ0v) is 15.0. The van der Waals surface area contributed by atoms with E-state index < -0.39 is 0 Å². The molecule has 2 rings (SSSR count). The molecule has 7 heteroatoms. The summed E-state index contributed by atoms with van der Waals surface area (Å²) in [6.07, 6.45) is 3.33. The highest BCUT2D eigenvalue weighted by atomic mass is 32.2. The zero-order valence-electron chi connectivity index (χ0n) is 14.2. The fourth-order valence-corrected chi connectivity index (χ4v) is 4.47. The van der Waals surface area contributed by atoms with Crippen LogP contribution in [0.15, 0.2) is 0 Å². The number of amides is 2. The molecule has 1 unspecified atom stereocenters. The van der Waals surface area contributed by atoms with Crippen LogP contribution in [-0.4, -0.2) is 67.7 Å². The largest absolute Gasteiger partial charge is 0.384 e.